The lowest BCUT2D eigenvalue weighted by atomic mass is 9.94. The summed E-state index contributed by atoms with van der Waals surface area (Å²) >= 11 is 0. The second-order valence-electron chi connectivity index (χ2n) is 8.04. The maximum Gasteiger partial charge on any atom is 0.216 e. The molecule has 1 aromatic rings. The minimum Gasteiger partial charge on any atom is -0.443 e. The number of aromatic nitrogens is 1. The van der Waals surface area contributed by atoms with E-state index in [-0.39, 0.29) is 29.4 Å². The van der Waals surface area contributed by atoms with Crippen LogP contribution in [-0.2, 0) is 12.0 Å². The number of hydrogen-bond acceptors (Lipinski definition) is 4. The van der Waals surface area contributed by atoms with E-state index in [9.17, 15) is 0 Å². The van der Waals surface area contributed by atoms with Gasteiger partial charge in [-0.3, -0.25) is 0 Å². The first-order valence-corrected chi connectivity index (χ1v) is 9.58. The van der Waals surface area contributed by atoms with Gasteiger partial charge in [-0.2, -0.15) is 0 Å². The van der Waals surface area contributed by atoms with Crippen molar-refractivity contribution in [3.05, 3.63) is 17.8 Å². The molecular weight excluding hydrogens is 441 g/mol. The molecule has 1 aliphatic heterocycles. The number of halogens is 1. The first kappa shape index (κ1) is 23.2. The van der Waals surface area contributed by atoms with E-state index in [1.54, 1.807) is 0 Å². The summed E-state index contributed by atoms with van der Waals surface area (Å²) in [6.07, 6.45) is 4.49. The molecule has 1 aliphatic rings. The summed E-state index contributed by atoms with van der Waals surface area (Å²) in [6, 6.07) is 0. The van der Waals surface area contributed by atoms with E-state index in [1.807, 2.05) is 6.20 Å². The summed E-state index contributed by atoms with van der Waals surface area (Å²) in [5, 5.41) is 6.71. The summed E-state index contributed by atoms with van der Waals surface area (Å²) in [5.74, 6) is 3.20. The van der Waals surface area contributed by atoms with Gasteiger partial charge < -0.3 is 20.0 Å². The van der Waals surface area contributed by atoms with Crippen molar-refractivity contribution in [2.45, 2.75) is 59.4 Å². The van der Waals surface area contributed by atoms with Crippen molar-refractivity contribution in [3.63, 3.8) is 0 Å². The molecule has 1 aromatic heterocycles. The van der Waals surface area contributed by atoms with Gasteiger partial charge in [0.2, 0.25) is 5.89 Å². The van der Waals surface area contributed by atoms with Crippen molar-refractivity contribution < 1.29 is 4.42 Å². The molecule has 0 amide bonds. The van der Waals surface area contributed by atoms with Gasteiger partial charge in [-0.1, -0.05) is 27.7 Å². The van der Waals surface area contributed by atoms with Gasteiger partial charge in [0.25, 0.3) is 0 Å². The van der Waals surface area contributed by atoms with Gasteiger partial charge in [0.15, 0.2) is 5.96 Å². The number of nitrogens with one attached hydrogen (secondary N) is 2. The number of piperidine rings is 1. The third kappa shape index (κ3) is 7.82. The van der Waals surface area contributed by atoms with Crippen molar-refractivity contribution in [2.75, 3.05) is 32.7 Å². The minimum atomic E-state index is -0.0245. The van der Waals surface area contributed by atoms with E-state index in [2.05, 4.69) is 60.1 Å². The van der Waals surface area contributed by atoms with Gasteiger partial charge in [0.1, 0.15) is 12.3 Å². The van der Waals surface area contributed by atoms with E-state index in [0.717, 1.165) is 37.3 Å². The van der Waals surface area contributed by atoms with Crippen LogP contribution >= 0.6 is 24.0 Å². The summed E-state index contributed by atoms with van der Waals surface area (Å²) in [5.41, 5.74) is -0.0245. The Balaban J connectivity index is 0.00000338. The molecule has 1 saturated heterocycles. The fourth-order valence-electron chi connectivity index (χ4n) is 3.04. The van der Waals surface area contributed by atoms with Crippen LogP contribution in [0.3, 0.4) is 0 Å². The highest BCUT2D eigenvalue weighted by Gasteiger charge is 2.19. The summed E-state index contributed by atoms with van der Waals surface area (Å²) < 4.78 is 5.81. The quantitative estimate of drug-likeness (QED) is 0.374. The molecule has 0 bridgehead atoms. The molecule has 0 aliphatic carbocycles. The van der Waals surface area contributed by atoms with Crippen LogP contribution in [0.2, 0.25) is 0 Å². The molecule has 2 rings (SSSR count). The maximum absolute atomic E-state index is 5.81. The van der Waals surface area contributed by atoms with Gasteiger partial charge in [0.05, 0.1) is 6.20 Å². The van der Waals surface area contributed by atoms with Crippen LogP contribution in [0.15, 0.2) is 15.6 Å². The molecule has 2 N–H and O–H groups in total. The van der Waals surface area contributed by atoms with Crippen LogP contribution in [0.5, 0.6) is 0 Å². The van der Waals surface area contributed by atoms with Gasteiger partial charge in [0, 0.05) is 31.6 Å². The third-order valence-corrected chi connectivity index (χ3v) is 4.47. The lowest BCUT2D eigenvalue weighted by molar-refractivity contribution is 0.187. The molecule has 0 spiro atoms. The van der Waals surface area contributed by atoms with Crippen molar-refractivity contribution >= 4 is 29.9 Å². The van der Waals surface area contributed by atoms with E-state index in [0.29, 0.717) is 12.4 Å². The van der Waals surface area contributed by atoms with Crippen LogP contribution in [0, 0.1) is 5.92 Å². The summed E-state index contributed by atoms with van der Waals surface area (Å²) in [7, 11) is 0. The first-order chi connectivity index (χ1) is 11.9. The number of aliphatic imine (C=N–C) groups is 1. The topological polar surface area (TPSA) is 65.7 Å². The van der Waals surface area contributed by atoms with E-state index < -0.39 is 0 Å². The van der Waals surface area contributed by atoms with Gasteiger partial charge >= 0.3 is 0 Å². The minimum absolute atomic E-state index is 0. The van der Waals surface area contributed by atoms with E-state index in [4.69, 9.17) is 4.42 Å². The van der Waals surface area contributed by atoms with Crippen LogP contribution in [0.1, 0.15) is 59.1 Å². The fraction of sp³-hybridized carbons (Fsp3) is 0.789. The second-order valence-corrected chi connectivity index (χ2v) is 8.04. The molecule has 0 radical (unpaired) electrons. The Bertz CT molecular complexity index is 552. The highest BCUT2D eigenvalue weighted by Crippen LogP contribution is 2.22. The molecule has 2 heterocycles. The van der Waals surface area contributed by atoms with Crippen LogP contribution in [-0.4, -0.2) is 48.6 Å². The normalized spacial score (nSPS) is 19.1. The molecule has 0 saturated carbocycles. The Morgan fingerprint density at radius 3 is 2.77 bits per heavy atom. The SMILES string of the molecule is CCNC(=NCc1ncc(C(C)(C)C)o1)NCCN1CCCC(C)C1.I. The van der Waals surface area contributed by atoms with Gasteiger partial charge in [-0.25, -0.2) is 9.98 Å². The van der Waals surface area contributed by atoms with Crippen molar-refractivity contribution in [2.24, 2.45) is 10.9 Å². The standard InChI is InChI=1S/C19H35N5O.HI/c1-6-20-18(21-9-11-24-10-7-8-15(2)14-24)23-13-17-22-12-16(25-17)19(3,4)5;/h12,15H,6-11,13-14H2,1-5H3,(H2,20,21,23);1H. The first-order valence-electron chi connectivity index (χ1n) is 9.58. The number of nitrogens with zero attached hydrogens (tertiary/aromatic N) is 3. The highest BCUT2D eigenvalue weighted by molar-refractivity contribution is 14.0. The predicted octanol–water partition coefficient (Wildman–Crippen LogP) is 3.38. The Kier molecular flexibility index (Phi) is 9.92. The number of rotatable bonds is 6. The van der Waals surface area contributed by atoms with Crippen molar-refractivity contribution in [1.82, 2.24) is 20.5 Å². The molecule has 6 nitrogen and oxygen atoms in total. The Labute approximate surface area is 175 Å². The highest BCUT2D eigenvalue weighted by atomic mass is 127. The number of guanidine groups is 1. The molecular formula is C19H36IN5O. The monoisotopic (exact) mass is 477 g/mol. The predicted molar refractivity (Wildman–Crippen MR) is 118 cm³/mol. The zero-order valence-corrected chi connectivity index (χ0v) is 19.3. The fourth-order valence-corrected chi connectivity index (χ4v) is 3.04. The zero-order valence-electron chi connectivity index (χ0n) is 17.0. The van der Waals surface area contributed by atoms with Crippen molar-refractivity contribution in [3.8, 4) is 0 Å². The smallest absolute Gasteiger partial charge is 0.216 e. The molecule has 26 heavy (non-hydrogen) atoms. The molecule has 1 atom stereocenters. The zero-order chi connectivity index (χ0) is 18.3. The number of likely N-dealkylation sites (tertiary alicyclic amines) is 1. The Morgan fingerprint density at radius 1 is 1.38 bits per heavy atom. The summed E-state index contributed by atoms with van der Waals surface area (Å²) in [4.78, 5) is 11.5. The Morgan fingerprint density at radius 2 is 2.15 bits per heavy atom. The lowest BCUT2D eigenvalue weighted by Gasteiger charge is -2.30. The van der Waals surface area contributed by atoms with E-state index in [1.165, 1.54) is 25.9 Å². The largest absolute Gasteiger partial charge is 0.443 e. The van der Waals surface area contributed by atoms with Crippen LogP contribution in [0.4, 0.5) is 0 Å². The average molecular weight is 477 g/mol. The maximum atomic E-state index is 5.81. The molecule has 0 aromatic carbocycles. The van der Waals surface area contributed by atoms with E-state index >= 15 is 0 Å². The van der Waals surface area contributed by atoms with Crippen molar-refractivity contribution in [1.29, 1.82) is 0 Å². The van der Waals surface area contributed by atoms with Gasteiger partial charge in [-0.05, 0) is 32.2 Å². The second kappa shape index (κ2) is 11.1. The molecule has 1 unspecified atom stereocenters. The molecule has 7 heteroatoms. The third-order valence-electron chi connectivity index (χ3n) is 4.47. The molecule has 1 fully saturated rings. The molecule has 150 valence electrons. The number of oxazole rings is 1. The average Bonchev–Trinajstić information content (AvgIpc) is 3.02. The lowest BCUT2D eigenvalue weighted by Crippen LogP contribution is -2.43. The van der Waals surface area contributed by atoms with Crippen LogP contribution in [0.25, 0.3) is 0 Å². The number of hydrogen-bond donors (Lipinski definition) is 2. The van der Waals surface area contributed by atoms with Crippen LogP contribution < -0.4 is 10.6 Å². The Hall–Kier alpha value is -0.830. The summed E-state index contributed by atoms with van der Waals surface area (Å²) in [6.45, 7) is 16.4. The van der Waals surface area contributed by atoms with Gasteiger partial charge in [-0.15, -0.1) is 24.0 Å².